The van der Waals surface area contributed by atoms with E-state index in [4.69, 9.17) is 0 Å². The minimum Gasteiger partial charge on any atom is -0.323 e. The first-order valence-electron chi connectivity index (χ1n) is 16.1. The van der Waals surface area contributed by atoms with Gasteiger partial charge in [0.2, 0.25) is 0 Å². The second-order valence-corrected chi connectivity index (χ2v) is 20.6. The van der Waals surface area contributed by atoms with Crippen LogP contribution in [-0.2, 0) is 19.5 Å². The molecular formula is C33H66P2Ru+2. The molecule has 0 amide bonds. The number of hydrogen-bond donors (Lipinski definition) is 0. The van der Waals surface area contributed by atoms with E-state index in [-0.39, 0.29) is 35.3 Å². The van der Waals surface area contributed by atoms with Crippen molar-refractivity contribution in [2.45, 2.75) is 193 Å². The molecule has 0 N–H and O–H groups in total. The van der Waals surface area contributed by atoms with Crippen molar-refractivity contribution in [2.75, 3.05) is 5.90 Å². The fourth-order valence-electron chi connectivity index (χ4n) is 7.37. The van der Waals surface area contributed by atoms with E-state index < -0.39 is 0 Å². The van der Waals surface area contributed by atoms with E-state index in [1.807, 2.05) is 5.90 Å². The molecule has 0 bridgehead atoms. The smallest absolute Gasteiger partial charge is 0.323 e. The van der Waals surface area contributed by atoms with Gasteiger partial charge in [-0.3, -0.25) is 0 Å². The average molecular weight is 626 g/mol. The first-order chi connectivity index (χ1) is 16.9. The van der Waals surface area contributed by atoms with Gasteiger partial charge in [-0.25, -0.2) is 0 Å². The van der Waals surface area contributed by atoms with Gasteiger partial charge in [0, 0.05) is 15.8 Å². The molecule has 0 aromatic rings. The maximum atomic E-state index is 2.08. The second kappa shape index (κ2) is 21.3. The Kier molecular flexibility index (Phi) is 21.0. The van der Waals surface area contributed by atoms with E-state index in [1.54, 1.807) is 128 Å². The second-order valence-electron chi connectivity index (χ2n) is 13.7. The molecule has 0 aliphatic heterocycles. The van der Waals surface area contributed by atoms with Gasteiger partial charge < -0.3 is 11.8 Å². The Bertz CT molecular complexity index is 398. The minimum atomic E-state index is -0.0959. The van der Waals surface area contributed by atoms with Gasteiger partial charge in [-0.05, 0) is 103 Å². The van der Waals surface area contributed by atoms with Crippen LogP contribution in [0.2, 0.25) is 0 Å². The topological polar surface area (TPSA) is 0 Å². The SMILES string of the molecule is C1CCC([PH+](C[PH+](C2CCCCC2)C2CCCCC2)C2CCCCC2)CC1.C[C-](C)C.C[C-](C)C.[Ru+2]. The Morgan fingerprint density at radius 2 is 0.556 bits per heavy atom. The van der Waals surface area contributed by atoms with E-state index in [1.165, 1.54) is 34.5 Å². The predicted molar refractivity (Wildman–Crippen MR) is 170 cm³/mol. The molecule has 4 rings (SSSR count). The van der Waals surface area contributed by atoms with Crippen molar-refractivity contribution < 1.29 is 19.5 Å². The molecule has 4 aliphatic carbocycles. The zero-order valence-electron chi connectivity index (χ0n) is 25.5. The molecule has 0 atom stereocenters. The van der Waals surface area contributed by atoms with Crippen LogP contribution in [0.5, 0.6) is 0 Å². The van der Waals surface area contributed by atoms with E-state index >= 15 is 0 Å². The quantitative estimate of drug-likeness (QED) is 0.156. The molecule has 0 spiro atoms. The summed E-state index contributed by atoms with van der Waals surface area (Å²) in [5, 5.41) is 0. The van der Waals surface area contributed by atoms with Crippen molar-refractivity contribution in [3.8, 4) is 0 Å². The van der Waals surface area contributed by atoms with E-state index in [2.05, 4.69) is 41.5 Å². The normalized spacial score (nSPS) is 23.2. The molecular weight excluding hydrogens is 559 g/mol. The third-order valence-electron chi connectivity index (χ3n) is 8.93. The van der Waals surface area contributed by atoms with Crippen molar-refractivity contribution in [1.29, 1.82) is 0 Å². The number of hydrogen-bond acceptors (Lipinski definition) is 0. The van der Waals surface area contributed by atoms with Crippen molar-refractivity contribution >= 4 is 15.8 Å². The van der Waals surface area contributed by atoms with Crippen LogP contribution in [0.4, 0.5) is 0 Å². The summed E-state index contributed by atoms with van der Waals surface area (Å²) < 4.78 is 0. The zero-order valence-corrected chi connectivity index (χ0v) is 29.3. The van der Waals surface area contributed by atoms with Crippen molar-refractivity contribution in [3.05, 3.63) is 11.8 Å². The van der Waals surface area contributed by atoms with E-state index in [9.17, 15) is 0 Å². The number of rotatable bonds is 6. The molecule has 0 unspecified atom stereocenters. The summed E-state index contributed by atoms with van der Waals surface area (Å²) in [6.07, 6.45) is 32.1. The summed E-state index contributed by atoms with van der Waals surface area (Å²) in [5.41, 5.74) is 4.94. The van der Waals surface area contributed by atoms with Gasteiger partial charge in [-0.15, -0.1) is 0 Å². The monoisotopic (exact) mass is 626 g/mol. The fraction of sp³-hybridized carbons (Fsp3) is 0.939. The molecule has 4 fully saturated rings. The molecule has 0 nitrogen and oxygen atoms in total. The molecule has 3 heteroatoms. The van der Waals surface area contributed by atoms with Crippen LogP contribution < -0.4 is 0 Å². The van der Waals surface area contributed by atoms with Gasteiger partial charge in [-0.2, -0.15) is 41.5 Å². The van der Waals surface area contributed by atoms with Gasteiger partial charge >= 0.3 is 19.5 Å². The molecule has 0 saturated heterocycles. The van der Waals surface area contributed by atoms with Crippen LogP contribution >= 0.6 is 15.8 Å². The van der Waals surface area contributed by atoms with Crippen molar-refractivity contribution in [2.24, 2.45) is 0 Å². The van der Waals surface area contributed by atoms with Crippen molar-refractivity contribution in [3.63, 3.8) is 0 Å². The van der Waals surface area contributed by atoms with Gasteiger partial charge in [-0.1, -0.05) is 25.7 Å². The Morgan fingerprint density at radius 3 is 0.722 bits per heavy atom. The van der Waals surface area contributed by atoms with Gasteiger partial charge in [0.05, 0.1) is 22.6 Å². The Morgan fingerprint density at radius 1 is 0.389 bits per heavy atom. The molecule has 0 aromatic heterocycles. The Labute approximate surface area is 244 Å². The summed E-state index contributed by atoms with van der Waals surface area (Å²) in [6, 6.07) is 0. The summed E-state index contributed by atoms with van der Waals surface area (Å²) >= 11 is 0. The van der Waals surface area contributed by atoms with Crippen LogP contribution in [0.3, 0.4) is 0 Å². The summed E-state index contributed by atoms with van der Waals surface area (Å²) in [4.78, 5) is 0. The van der Waals surface area contributed by atoms with Crippen LogP contribution in [0.1, 0.15) is 170 Å². The van der Waals surface area contributed by atoms with Crippen LogP contribution in [0.15, 0.2) is 0 Å². The van der Waals surface area contributed by atoms with Gasteiger partial charge in [0.15, 0.2) is 5.90 Å². The Balaban J connectivity index is 0.000000634. The average Bonchev–Trinajstić information content (AvgIpc) is 2.86. The molecule has 0 aromatic carbocycles. The third-order valence-corrected chi connectivity index (χ3v) is 18.7. The Hall–Kier alpha value is 1.48. The maximum Gasteiger partial charge on any atom is 2.00 e. The standard InChI is InChI=1S/C25H46P2.2C4H9.Ru/c1-5-13-22(14-6-1)26(23-15-7-2-8-16-23)21-27(24-17-9-3-10-18-24)25-19-11-4-12-20-25;2*1-4(2)3;/h22-25H,1-21H2;2*1-3H3;/q;2*-1;+2/p+2. The largest absolute Gasteiger partial charge is 2.00 e. The van der Waals surface area contributed by atoms with Gasteiger partial charge in [0.1, 0.15) is 0 Å². The summed E-state index contributed by atoms with van der Waals surface area (Å²) in [5.74, 6) is 4.69. The first-order valence-corrected chi connectivity index (χ1v) is 19.9. The van der Waals surface area contributed by atoms with Crippen molar-refractivity contribution in [1.82, 2.24) is 0 Å². The summed E-state index contributed by atoms with van der Waals surface area (Å²) in [6.45, 7) is 12.5. The van der Waals surface area contributed by atoms with E-state index in [0.717, 1.165) is 0 Å². The molecule has 214 valence electrons. The molecule has 4 aliphatic rings. The van der Waals surface area contributed by atoms with Crippen LogP contribution in [0, 0.1) is 11.8 Å². The maximum absolute atomic E-state index is 2.08. The zero-order chi connectivity index (χ0) is 25.5. The third kappa shape index (κ3) is 14.8. The van der Waals surface area contributed by atoms with Crippen LogP contribution in [0.25, 0.3) is 0 Å². The van der Waals surface area contributed by atoms with Gasteiger partial charge in [0.25, 0.3) is 0 Å². The van der Waals surface area contributed by atoms with Crippen LogP contribution in [-0.4, -0.2) is 28.5 Å². The fourth-order valence-corrected chi connectivity index (χ4v) is 19.8. The predicted octanol–water partition coefficient (Wildman–Crippen LogP) is 11.9. The summed E-state index contributed by atoms with van der Waals surface area (Å²) in [7, 11) is -0.192. The first kappa shape index (κ1) is 35.5. The molecule has 0 heterocycles. The molecule has 36 heavy (non-hydrogen) atoms. The molecule has 4 saturated carbocycles. The molecule has 0 radical (unpaired) electrons. The minimum absolute atomic E-state index is 0. The van der Waals surface area contributed by atoms with E-state index in [0.29, 0.717) is 0 Å².